The first-order valence-corrected chi connectivity index (χ1v) is 3.03. The Morgan fingerprint density at radius 3 is 1.80 bits per heavy atom. The van der Waals surface area contributed by atoms with Gasteiger partial charge in [-0.15, -0.1) is 34.0 Å². The highest BCUT2D eigenvalue weighted by Crippen LogP contribution is 2.24. The van der Waals surface area contributed by atoms with Gasteiger partial charge in [0, 0.05) is 0 Å². The molecule has 0 unspecified atom stereocenters. The zero-order chi connectivity index (χ0) is 5.98. The van der Waals surface area contributed by atoms with Gasteiger partial charge in [-0.05, 0) is 12.8 Å². The van der Waals surface area contributed by atoms with Crippen LogP contribution < -0.4 is 0 Å². The van der Waals surface area contributed by atoms with E-state index in [-0.39, 0.29) is 39.9 Å². The highest BCUT2D eigenvalue weighted by atomic mass is 79.9. The second-order valence-electron chi connectivity index (χ2n) is 2.32. The van der Waals surface area contributed by atoms with Crippen LogP contribution in [0.1, 0.15) is 25.7 Å². The molecule has 0 spiro atoms. The molecule has 0 heterocycles. The van der Waals surface area contributed by atoms with Gasteiger partial charge in [0.1, 0.15) is 0 Å². The minimum atomic E-state index is -0.609. The molecule has 0 amide bonds. The third kappa shape index (κ3) is 3.56. The molecule has 1 aliphatic carbocycles. The average molecular weight is 276 g/mol. The van der Waals surface area contributed by atoms with E-state index in [1.165, 1.54) is 0 Å². The van der Waals surface area contributed by atoms with Gasteiger partial charge in [-0.3, -0.25) is 4.79 Å². The zero-order valence-corrected chi connectivity index (χ0v) is 9.00. The lowest BCUT2D eigenvalue weighted by Gasteiger charge is -1.97. The third-order valence-electron chi connectivity index (χ3n) is 1.70. The fourth-order valence-electron chi connectivity index (χ4n) is 1.17. The molecule has 2 nitrogen and oxygen atoms in total. The lowest BCUT2D eigenvalue weighted by Crippen LogP contribution is -2.07. The summed E-state index contributed by atoms with van der Waals surface area (Å²) >= 11 is 0. The predicted molar refractivity (Wildman–Crippen MR) is 50.2 cm³/mol. The summed E-state index contributed by atoms with van der Waals surface area (Å²) in [6.07, 6.45) is 4.01. The van der Waals surface area contributed by atoms with E-state index in [1.54, 1.807) is 0 Å². The first kappa shape index (κ1) is 13.1. The molecule has 4 heteroatoms. The first-order valence-electron chi connectivity index (χ1n) is 3.03. The Hall–Kier alpha value is 0.430. The van der Waals surface area contributed by atoms with E-state index in [0.717, 1.165) is 25.7 Å². The summed E-state index contributed by atoms with van der Waals surface area (Å²) in [6.45, 7) is 0. The van der Waals surface area contributed by atoms with Gasteiger partial charge in [0.15, 0.2) is 0 Å². The van der Waals surface area contributed by atoms with E-state index < -0.39 is 5.97 Å². The molecule has 1 aliphatic rings. The van der Waals surface area contributed by atoms with Crippen molar-refractivity contribution in [3.05, 3.63) is 0 Å². The monoisotopic (exact) mass is 274 g/mol. The largest absolute Gasteiger partial charge is 0.481 e. The quantitative estimate of drug-likeness (QED) is 0.798. The van der Waals surface area contributed by atoms with Gasteiger partial charge in [0.05, 0.1) is 5.92 Å². The van der Waals surface area contributed by atoms with Crippen molar-refractivity contribution in [1.29, 1.82) is 0 Å². The summed E-state index contributed by atoms with van der Waals surface area (Å²) < 4.78 is 0. The van der Waals surface area contributed by atoms with Crippen LogP contribution in [0.3, 0.4) is 0 Å². The molecule has 0 aromatic carbocycles. The van der Waals surface area contributed by atoms with Gasteiger partial charge in [-0.1, -0.05) is 12.8 Å². The Balaban J connectivity index is 0. The van der Waals surface area contributed by atoms with Gasteiger partial charge in [-0.25, -0.2) is 0 Å². The number of hydrogen-bond acceptors (Lipinski definition) is 1. The molecule has 0 aliphatic heterocycles. The van der Waals surface area contributed by atoms with Crippen molar-refractivity contribution in [2.24, 2.45) is 5.92 Å². The highest BCUT2D eigenvalue weighted by molar-refractivity contribution is 8.93. The van der Waals surface area contributed by atoms with Crippen molar-refractivity contribution in [2.75, 3.05) is 0 Å². The molecule has 0 saturated heterocycles. The summed E-state index contributed by atoms with van der Waals surface area (Å²) in [5.41, 5.74) is 0. The molecule has 1 rings (SSSR count). The molecular weight excluding hydrogens is 264 g/mol. The van der Waals surface area contributed by atoms with Gasteiger partial charge < -0.3 is 5.11 Å². The summed E-state index contributed by atoms with van der Waals surface area (Å²) in [6, 6.07) is 0. The first-order chi connectivity index (χ1) is 3.80. The molecule has 1 fully saturated rings. The van der Waals surface area contributed by atoms with Crippen molar-refractivity contribution in [1.82, 2.24) is 0 Å². The molecule has 0 radical (unpaired) electrons. The molecule has 10 heavy (non-hydrogen) atoms. The normalized spacial score (nSPS) is 17.2. The van der Waals surface area contributed by atoms with Crippen LogP contribution in [0.4, 0.5) is 0 Å². The van der Waals surface area contributed by atoms with Crippen LogP contribution in [0.15, 0.2) is 0 Å². The summed E-state index contributed by atoms with van der Waals surface area (Å²) in [5.74, 6) is -0.627. The maximum atomic E-state index is 10.2. The van der Waals surface area contributed by atoms with E-state index >= 15 is 0 Å². The second-order valence-corrected chi connectivity index (χ2v) is 2.32. The maximum Gasteiger partial charge on any atom is 0.306 e. The van der Waals surface area contributed by atoms with Crippen LogP contribution in [0, 0.1) is 5.92 Å². The number of rotatable bonds is 1. The van der Waals surface area contributed by atoms with Gasteiger partial charge in [0.25, 0.3) is 0 Å². The molecule has 1 saturated carbocycles. The van der Waals surface area contributed by atoms with Crippen LogP contribution in [0.25, 0.3) is 0 Å². The molecular formula is C6H12Br2O2. The van der Waals surface area contributed by atoms with Crippen molar-refractivity contribution in [2.45, 2.75) is 25.7 Å². The van der Waals surface area contributed by atoms with Gasteiger partial charge in [-0.2, -0.15) is 0 Å². The predicted octanol–water partition coefficient (Wildman–Crippen LogP) is 2.42. The number of carboxylic acids is 1. The summed E-state index contributed by atoms with van der Waals surface area (Å²) in [5, 5.41) is 8.41. The summed E-state index contributed by atoms with van der Waals surface area (Å²) in [4.78, 5) is 10.2. The Kier molecular flexibility index (Phi) is 8.04. The second kappa shape index (κ2) is 6.16. The smallest absolute Gasteiger partial charge is 0.306 e. The SMILES string of the molecule is Br.Br.O=C(O)C1CCCC1. The van der Waals surface area contributed by atoms with Gasteiger partial charge in [0.2, 0.25) is 0 Å². The number of aliphatic carboxylic acids is 1. The lowest BCUT2D eigenvalue weighted by molar-refractivity contribution is -0.141. The van der Waals surface area contributed by atoms with Crippen LogP contribution in [0.2, 0.25) is 0 Å². The molecule has 1 N–H and O–H groups in total. The third-order valence-corrected chi connectivity index (χ3v) is 1.70. The molecule has 0 aromatic rings. The highest BCUT2D eigenvalue weighted by Gasteiger charge is 2.20. The molecule has 0 aromatic heterocycles. The van der Waals surface area contributed by atoms with Crippen molar-refractivity contribution >= 4 is 39.9 Å². The van der Waals surface area contributed by atoms with Crippen LogP contribution >= 0.6 is 34.0 Å². The van der Waals surface area contributed by atoms with E-state index in [2.05, 4.69) is 0 Å². The molecule has 0 bridgehead atoms. The zero-order valence-electron chi connectivity index (χ0n) is 5.58. The summed E-state index contributed by atoms with van der Waals surface area (Å²) in [7, 11) is 0. The number of halogens is 2. The van der Waals surface area contributed by atoms with Crippen molar-refractivity contribution < 1.29 is 9.90 Å². The van der Waals surface area contributed by atoms with Crippen LogP contribution in [-0.2, 0) is 4.79 Å². The van der Waals surface area contributed by atoms with Crippen LogP contribution in [-0.4, -0.2) is 11.1 Å². The maximum absolute atomic E-state index is 10.2. The number of carbonyl (C=O) groups is 1. The average Bonchev–Trinajstić information content (AvgIpc) is 2.12. The molecule has 62 valence electrons. The van der Waals surface area contributed by atoms with E-state index in [0.29, 0.717) is 0 Å². The Bertz CT molecular complexity index is 99.9. The Morgan fingerprint density at radius 1 is 1.20 bits per heavy atom. The van der Waals surface area contributed by atoms with E-state index in [4.69, 9.17) is 5.11 Å². The standard InChI is InChI=1S/C6H10O2.2BrH/c7-6(8)5-3-1-2-4-5;;/h5H,1-4H2,(H,7,8);2*1H. The Morgan fingerprint density at radius 2 is 1.60 bits per heavy atom. The number of hydrogen-bond donors (Lipinski definition) is 1. The Labute approximate surface area is 81.5 Å². The lowest BCUT2D eigenvalue weighted by atomic mass is 10.1. The van der Waals surface area contributed by atoms with E-state index in [9.17, 15) is 4.79 Å². The molecule has 0 atom stereocenters. The fraction of sp³-hybridized carbons (Fsp3) is 0.833. The minimum absolute atomic E-state index is 0. The number of carboxylic acid groups (broad SMARTS) is 1. The van der Waals surface area contributed by atoms with E-state index in [1.807, 2.05) is 0 Å². The van der Waals surface area contributed by atoms with Gasteiger partial charge >= 0.3 is 5.97 Å². The fourth-order valence-corrected chi connectivity index (χ4v) is 1.17. The van der Waals surface area contributed by atoms with Crippen LogP contribution in [0.5, 0.6) is 0 Å². The topological polar surface area (TPSA) is 37.3 Å². The minimum Gasteiger partial charge on any atom is -0.481 e. The van der Waals surface area contributed by atoms with Crippen molar-refractivity contribution in [3.8, 4) is 0 Å². The van der Waals surface area contributed by atoms with Crippen molar-refractivity contribution in [3.63, 3.8) is 0 Å².